The first kappa shape index (κ1) is 10.4. The quantitative estimate of drug-likeness (QED) is 0.794. The van der Waals surface area contributed by atoms with Crippen molar-refractivity contribution in [3.05, 3.63) is 65.7 Å². The van der Waals surface area contributed by atoms with E-state index in [4.69, 9.17) is 0 Å². The molecule has 0 spiro atoms. The normalized spacial score (nSPS) is 12.0. The molecule has 0 amide bonds. The standard InChI is InChI=1S/C14H12O2/c15-10-13(11-6-2-1-3-7-11)12-8-4-5-9-14(12)16/h1-10,13,16H. The molecular formula is C14H12O2. The molecule has 0 aliphatic heterocycles. The number of carbonyl (C=O) groups is 1. The molecule has 0 radical (unpaired) electrons. The number of phenolic OH excluding ortho intramolecular Hbond substituents is 1. The summed E-state index contributed by atoms with van der Waals surface area (Å²) in [5.41, 5.74) is 1.53. The van der Waals surface area contributed by atoms with E-state index in [9.17, 15) is 9.90 Å². The summed E-state index contributed by atoms with van der Waals surface area (Å²) in [6.07, 6.45) is 0.852. The minimum atomic E-state index is -0.401. The van der Waals surface area contributed by atoms with Gasteiger partial charge in [0.05, 0.1) is 5.92 Å². The fraction of sp³-hybridized carbons (Fsp3) is 0.0714. The largest absolute Gasteiger partial charge is 0.508 e. The van der Waals surface area contributed by atoms with Gasteiger partial charge in [0.1, 0.15) is 12.0 Å². The van der Waals surface area contributed by atoms with Gasteiger partial charge in [-0.2, -0.15) is 0 Å². The van der Waals surface area contributed by atoms with Crippen molar-refractivity contribution in [1.82, 2.24) is 0 Å². The highest BCUT2D eigenvalue weighted by atomic mass is 16.3. The number of carbonyl (C=O) groups excluding carboxylic acids is 1. The molecule has 1 atom stereocenters. The van der Waals surface area contributed by atoms with Crippen LogP contribution in [0.2, 0.25) is 0 Å². The Balaban J connectivity index is 2.45. The second-order valence-electron chi connectivity index (χ2n) is 3.58. The molecule has 2 heteroatoms. The van der Waals surface area contributed by atoms with Crippen LogP contribution in [0.15, 0.2) is 54.6 Å². The number of phenols is 1. The molecule has 0 saturated heterocycles. The highest BCUT2D eigenvalue weighted by Gasteiger charge is 2.15. The van der Waals surface area contributed by atoms with Gasteiger partial charge in [0, 0.05) is 5.56 Å². The SMILES string of the molecule is O=CC(c1ccccc1)c1ccccc1O. The summed E-state index contributed by atoms with van der Waals surface area (Å²) in [6, 6.07) is 16.3. The van der Waals surface area contributed by atoms with E-state index in [1.165, 1.54) is 0 Å². The molecule has 0 saturated carbocycles. The number of aldehydes is 1. The third-order valence-electron chi connectivity index (χ3n) is 2.57. The maximum Gasteiger partial charge on any atom is 0.131 e. The number of hydrogen-bond acceptors (Lipinski definition) is 2. The van der Waals surface area contributed by atoms with E-state index in [1.54, 1.807) is 18.2 Å². The van der Waals surface area contributed by atoms with Gasteiger partial charge in [-0.25, -0.2) is 0 Å². The van der Waals surface area contributed by atoms with E-state index in [0.717, 1.165) is 11.8 Å². The summed E-state index contributed by atoms with van der Waals surface area (Å²) in [5.74, 6) is -0.245. The number of hydrogen-bond donors (Lipinski definition) is 1. The van der Waals surface area contributed by atoms with Crippen LogP contribution in [0.25, 0.3) is 0 Å². The molecule has 2 aromatic carbocycles. The van der Waals surface area contributed by atoms with Gasteiger partial charge >= 0.3 is 0 Å². The van der Waals surface area contributed by atoms with Gasteiger partial charge in [0.2, 0.25) is 0 Å². The van der Waals surface area contributed by atoms with Crippen LogP contribution < -0.4 is 0 Å². The van der Waals surface area contributed by atoms with Crippen LogP contribution in [0.4, 0.5) is 0 Å². The molecule has 2 rings (SSSR count). The van der Waals surface area contributed by atoms with E-state index in [0.29, 0.717) is 5.56 Å². The molecule has 2 nitrogen and oxygen atoms in total. The lowest BCUT2D eigenvalue weighted by atomic mass is 9.92. The van der Waals surface area contributed by atoms with Crippen molar-refractivity contribution in [2.24, 2.45) is 0 Å². The summed E-state index contributed by atoms with van der Waals surface area (Å²) in [6.45, 7) is 0. The van der Waals surface area contributed by atoms with E-state index in [-0.39, 0.29) is 5.75 Å². The minimum absolute atomic E-state index is 0.156. The Morgan fingerprint density at radius 2 is 1.56 bits per heavy atom. The number of rotatable bonds is 3. The van der Waals surface area contributed by atoms with Crippen molar-refractivity contribution in [2.75, 3.05) is 0 Å². The van der Waals surface area contributed by atoms with Gasteiger partial charge in [-0.05, 0) is 11.6 Å². The average Bonchev–Trinajstić information content (AvgIpc) is 2.34. The molecule has 0 fully saturated rings. The first-order valence-corrected chi connectivity index (χ1v) is 5.11. The second kappa shape index (κ2) is 4.62. The lowest BCUT2D eigenvalue weighted by molar-refractivity contribution is -0.108. The Bertz CT molecular complexity index is 477. The fourth-order valence-corrected chi connectivity index (χ4v) is 1.74. The molecule has 2 aromatic rings. The molecule has 1 N–H and O–H groups in total. The number of para-hydroxylation sites is 1. The van der Waals surface area contributed by atoms with Gasteiger partial charge in [-0.3, -0.25) is 0 Å². The topological polar surface area (TPSA) is 37.3 Å². The Labute approximate surface area is 94.2 Å². The lowest BCUT2D eigenvalue weighted by Gasteiger charge is -2.12. The Morgan fingerprint density at radius 3 is 2.19 bits per heavy atom. The fourth-order valence-electron chi connectivity index (χ4n) is 1.74. The van der Waals surface area contributed by atoms with Crippen molar-refractivity contribution >= 4 is 6.29 Å². The predicted octanol–water partition coefficient (Wildman–Crippen LogP) is 2.72. The van der Waals surface area contributed by atoms with Crippen molar-refractivity contribution in [1.29, 1.82) is 0 Å². The van der Waals surface area contributed by atoms with Crippen LogP contribution in [0.1, 0.15) is 17.0 Å². The Kier molecular flexibility index (Phi) is 3.01. The third kappa shape index (κ3) is 1.96. The highest BCUT2D eigenvalue weighted by molar-refractivity contribution is 5.70. The zero-order chi connectivity index (χ0) is 11.4. The molecule has 0 aromatic heterocycles. The van der Waals surface area contributed by atoms with Crippen LogP contribution in [0.3, 0.4) is 0 Å². The Hall–Kier alpha value is -2.09. The molecule has 0 bridgehead atoms. The van der Waals surface area contributed by atoms with E-state index in [1.807, 2.05) is 36.4 Å². The summed E-state index contributed by atoms with van der Waals surface area (Å²) < 4.78 is 0. The van der Waals surface area contributed by atoms with E-state index >= 15 is 0 Å². The van der Waals surface area contributed by atoms with Crippen molar-refractivity contribution in [3.8, 4) is 5.75 Å². The highest BCUT2D eigenvalue weighted by Crippen LogP contribution is 2.29. The van der Waals surface area contributed by atoms with Crippen LogP contribution in [0.5, 0.6) is 5.75 Å². The summed E-state index contributed by atoms with van der Waals surface area (Å²) in [7, 11) is 0. The summed E-state index contributed by atoms with van der Waals surface area (Å²) >= 11 is 0. The smallest absolute Gasteiger partial charge is 0.131 e. The summed E-state index contributed by atoms with van der Waals surface area (Å²) in [4.78, 5) is 11.1. The van der Waals surface area contributed by atoms with Crippen LogP contribution in [0, 0.1) is 0 Å². The number of benzene rings is 2. The first-order valence-electron chi connectivity index (χ1n) is 5.11. The van der Waals surface area contributed by atoms with Crippen LogP contribution in [-0.4, -0.2) is 11.4 Å². The van der Waals surface area contributed by atoms with E-state index < -0.39 is 5.92 Å². The average molecular weight is 212 g/mol. The molecule has 0 heterocycles. The predicted molar refractivity (Wildman–Crippen MR) is 62.5 cm³/mol. The van der Waals surface area contributed by atoms with Gasteiger partial charge in [-0.15, -0.1) is 0 Å². The van der Waals surface area contributed by atoms with Crippen molar-refractivity contribution < 1.29 is 9.90 Å². The lowest BCUT2D eigenvalue weighted by Crippen LogP contribution is -2.02. The second-order valence-corrected chi connectivity index (χ2v) is 3.58. The molecular weight excluding hydrogens is 200 g/mol. The van der Waals surface area contributed by atoms with Gasteiger partial charge in [0.15, 0.2) is 0 Å². The van der Waals surface area contributed by atoms with Crippen LogP contribution in [-0.2, 0) is 4.79 Å². The van der Waals surface area contributed by atoms with Crippen molar-refractivity contribution in [3.63, 3.8) is 0 Å². The molecule has 80 valence electrons. The third-order valence-corrected chi connectivity index (χ3v) is 2.57. The molecule has 0 aliphatic carbocycles. The molecule has 16 heavy (non-hydrogen) atoms. The molecule has 0 aliphatic rings. The van der Waals surface area contributed by atoms with Gasteiger partial charge in [0.25, 0.3) is 0 Å². The van der Waals surface area contributed by atoms with Crippen LogP contribution >= 0.6 is 0 Å². The monoisotopic (exact) mass is 212 g/mol. The summed E-state index contributed by atoms with van der Waals surface area (Å²) in [5, 5.41) is 9.71. The van der Waals surface area contributed by atoms with E-state index in [2.05, 4.69) is 0 Å². The van der Waals surface area contributed by atoms with Gasteiger partial charge in [-0.1, -0.05) is 48.5 Å². The molecule has 1 unspecified atom stereocenters. The number of aromatic hydroxyl groups is 1. The van der Waals surface area contributed by atoms with Gasteiger partial charge < -0.3 is 9.90 Å². The maximum atomic E-state index is 11.1. The minimum Gasteiger partial charge on any atom is -0.508 e. The Morgan fingerprint density at radius 1 is 0.938 bits per heavy atom. The van der Waals surface area contributed by atoms with Crippen molar-refractivity contribution in [2.45, 2.75) is 5.92 Å². The first-order chi connectivity index (χ1) is 7.83. The zero-order valence-electron chi connectivity index (χ0n) is 8.71. The zero-order valence-corrected chi connectivity index (χ0v) is 8.71. The maximum absolute atomic E-state index is 11.1.